The van der Waals surface area contributed by atoms with Crippen LogP contribution in [-0.2, 0) is 27.2 Å². The fraction of sp³-hybridized carbons (Fsp3) is 0.455. The largest absolute Gasteiger partial charge is 0.332 e. The number of fused-ring (bicyclic) bond motifs is 1. The molecule has 0 radical (unpaired) electrons. The van der Waals surface area contributed by atoms with Crippen LogP contribution >= 0.6 is 0 Å². The van der Waals surface area contributed by atoms with E-state index in [0.717, 1.165) is 24.1 Å². The third-order valence-electron chi connectivity index (χ3n) is 5.93. The molecule has 1 aromatic carbocycles. The van der Waals surface area contributed by atoms with Crippen molar-refractivity contribution >= 4 is 16.9 Å². The highest BCUT2D eigenvalue weighted by atomic mass is 16.2. The van der Waals surface area contributed by atoms with Gasteiger partial charge in [-0.05, 0) is 25.3 Å². The highest BCUT2D eigenvalue weighted by Gasteiger charge is 2.24. The summed E-state index contributed by atoms with van der Waals surface area (Å²) in [6.45, 7) is 4.68. The topological polar surface area (TPSA) is 82.1 Å². The average molecular weight is 409 g/mol. The second-order valence-electron chi connectivity index (χ2n) is 8.26. The van der Waals surface area contributed by atoms with Gasteiger partial charge in [-0.3, -0.25) is 23.6 Å². The maximum Gasteiger partial charge on any atom is 0.332 e. The summed E-state index contributed by atoms with van der Waals surface area (Å²) in [5.41, 5.74) is 0.343. The first-order valence-corrected chi connectivity index (χ1v) is 10.3. The Morgan fingerprint density at radius 3 is 2.57 bits per heavy atom. The van der Waals surface area contributed by atoms with Crippen LogP contribution in [0.2, 0.25) is 0 Å². The fourth-order valence-corrected chi connectivity index (χ4v) is 4.27. The van der Waals surface area contributed by atoms with Crippen LogP contribution in [0, 0.1) is 5.92 Å². The molecule has 0 unspecified atom stereocenters. The minimum Gasteiger partial charge on any atom is -0.313 e. The molecule has 8 heteroatoms. The molecule has 0 aliphatic carbocycles. The monoisotopic (exact) mass is 409 g/mol. The number of aryl methyl sites for hydroxylation is 1. The van der Waals surface area contributed by atoms with Crippen molar-refractivity contribution in [1.29, 1.82) is 0 Å². The molecule has 1 saturated heterocycles. The molecule has 158 valence electrons. The zero-order valence-corrected chi connectivity index (χ0v) is 17.7. The summed E-state index contributed by atoms with van der Waals surface area (Å²) in [7, 11) is 3.06. The number of aromatic nitrogens is 4. The van der Waals surface area contributed by atoms with Gasteiger partial charge in [0, 0.05) is 26.2 Å². The molecule has 0 spiro atoms. The van der Waals surface area contributed by atoms with Gasteiger partial charge in [-0.2, -0.15) is 0 Å². The maximum atomic E-state index is 13.0. The van der Waals surface area contributed by atoms with Crippen molar-refractivity contribution in [1.82, 2.24) is 23.6 Å². The molecule has 3 aromatic rings. The molecule has 1 fully saturated rings. The van der Waals surface area contributed by atoms with Crippen LogP contribution in [-0.4, -0.2) is 42.5 Å². The number of likely N-dealkylation sites (tertiary alicyclic amines) is 1. The van der Waals surface area contributed by atoms with Gasteiger partial charge in [0.1, 0.15) is 5.82 Å². The Balaban J connectivity index is 1.83. The third-order valence-corrected chi connectivity index (χ3v) is 5.93. The van der Waals surface area contributed by atoms with Gasteiger partial charge in [-0.1, -0.05) is 37.3 Å². The zero-order valence-electron chi connectivity index (χ0n) is 17.7. The Bertz CT molecular complexity index is 1210. The number of hydrogen-bond acceptors (Lipinski definition) is 5. The van der Waals surface area contributed by atoms with Crippen LogP contribution in [0.1, 0.15) is 35.9 Å². The number of imidazole rings is 1. The first-order chi connectivity index (χ1) is 14.4. The Hall–Kier alpha value is -3.00. The fourth-order valence-electron chi connectivity index (χ4n) is 4.27. The van der Waals surface area contributed by atoms with Crippen LogP contribution in [0.3, 0.4) is 0 Å². The molecular weight excluding hydrogens is 382 g/mol. The molecule has 0 amide bonds. The number of benzene rings is 1. The zero-order chi connectivity index (χ0) is 21.4. The first-order valence-electron chi connectivity index (χ1n) is 10.3. The normalized spacial score (nSPS) is 17.5. The predicted molar refractivity (Wildman–Crippen MR) is 115 cm³/mol. The van der Waals surface area contributed by atoms with Crippen molar-refractivity contribution in [2.24, 2.45) is 20.0 Å². The number of carbonyl (C=O) groups is 1. The molecule has 1 aliphatic rings. The van der Waals surface area contributed by atoms with E-state index in [0.29, 0.717) is 35.0 Å². The van der Waals surface area contributed by atoms with Gasteiger partial charge in [0.05, 0.1) is 13.1 Å². The van der Waals surface area contributed by atoms with Crippen molar-refractivity contribution < 1.29 is 4.79 Å². The van der Waals surface area contributed by atoms with Crippen LogP contribution in [0.25, 0.3) is 11.2 Å². The highest BCUT2D eigenvalue weighted by Crippen LogP contribution is 2.20. The van der Waals surface area contributed by atoms with Crippen LogP contribution < -0.4 is 11.2 Å². The van der Waals surface area contributed by atoms with E-state index in [-0.39, 0.29) is 12.3 Å². The van der Waals surface area contributed by atoms with Crippen LogP contribution in [0.4, 0.5) is 0 Å². The number of piperidine rings is 1. The molecule has 0 saturated carbocycles. The summed E-state index contributed by atoms with van der Waals surface area (Å²) >= 11 is 0. The number of nitrogens with zero attached hydrogens (tertiary/aromatic N) is 5. The van der Waals surface area contributed by atoms with E-state index in [9.17, 15) is 14.4 Å². The minimum absolute atomic E-state index is 0.00663. The number of hydrogen-bond donors (Lipinski definition) is 0. The minimum atomic E-state index is -0.431. The quantitative estimate of drug-likeness (QED) is 0.597. The van der Waals surface area contributed by atoms with Gasteiger partial charge >= 0.3 is 5.69 Å². The van der Waals surface area contributed by atoms with Crippen molar-refractivity contribution in [3.05, 3.63) is 62.6 Å². The van der Waals surface area contributed by atoms with Gasteiger partial charge in [0.15, 0.2) is 16.9 Å². The molecule has 2 aromatic heterocycles. The Labute approximate surface area is 174 Å². The first kappa shape index (κ1) is 20.3. The van der Waals surface area contributed by atoms with Gasteiger partial charge in [-0.15, -0.1) is 0 Å². The number of carbonyl (C=O) groups excluding carboxylic acids is 1. The molecule has 1 atom stereocenters. The molecule has 0 N–H and O–H groups in total. The lowest BCUT2D eigenvalue weighted by molar-refractivity contribution is 0.0969. The van der Waals surface area contributed by atoms with Gasteiger partial charge in [0.25, 0.3) is 5.56 Å². The number of ketones is 1. The van der Waals surface area contributed by atoms with E-state index >= 15 is 0 Å². The molecule has 30 heavy (non-hydrogen) atoms. The molecule has 0 bridgehead atoms. The maximum absolute atomic E-state index is 13.0. The second-order valence-corrected chi connectivity index (χ2v) is 8.26. The van der Waals surface area contributed by atoms with Crippen molar-refractivity contribution in [2.45, 2.75) is 32.9 Å². The summed E-state index contributed by atoms with van der Waals surface area (Å²) in [4.78, 5) is 45.3. The molecule has 8 nitrogen and oxygen atoms in total. The SMILES string of the molecule is C[C@@H]1CCCN(Cc2nc3c(c(=O)n(C)c(=O)n3C)n2CC(=O)c2ccccc2)C1. The Morgan fingerprint density at radius 2 is 1.87 bits per heavy atom. The smallest absolute Gasteiger partial charge is 0.313 e. The van der Waals surface area contributed by atoms with E-state index in [1.807, 2.05) is 18.2 Å². The summed E-state index contributed by atoms with van der Waals surface area (Å²) in [5.74, 6) is 1.14. The summed E-state index contributed by atoms with van der Waals surface area (Å²) in [5, 5.41) is 0. The van der Waals surface area contributed by atoms with E-state index in [1.165, 1.54) is 18.0 Å². The Morgan fingerprint density at radius 1 is 1.13 bits per heavy atom. The lowest BCUT2D eigenvalue weighted by Gasteiger charge is -2.30. The lowest BCUT2D eigenvalue weighted by Crippen LogP contribution is -2.38. The highest BCUT2D eigenvalue weighted by molar-refractivity contribution is 5.96. The average Bonchev–Trinajstić information content (AvgIpc) is 3.09. The summed E-state index contributed by atoms with van der Waals surface area (Å²) in [6.07, 6.45) is 2.32. The lowest BCUT2D eigenvalue weighted by atomic mass is 10.0. The third kappa shape index (κ3) is 3.63. The Kier molecular flexibility index (Phi) is 5.42. The molecule has 3 heterocycles. The standard InChI is InChI=1S/C22H27N5O3/c1-15-8-7-11-26(12-15)14-18-23-20-19(21(29)25(3)22(30)24(20)2)27(18)13-17(28)16-9-5-4-6-10-16/h4-6,9-10,15H,7-8,11-14H2,1-3H3/t15-/m1/s1. The number of rotatable bonds is 5. The predicted octanol–water partition coefficient (Wildman–Crippen LogP) is 1.55. The van der Waals surface area contributed by atoms with E-state index in [2.05, 4.69) is 16.8 Å². The van der Waals surface area contributed by atoms with E-state index in [4.69, 9.17) is 0 Å². The van der Waals surface area contributed by atoms with Gasteiger partial charge in [-0.25, -0.2) is 9.78 Å². The van der Waals surface area contributed by atoms with Gasteiger partial charge in [0.2, 0.25) is 0 Å². The van der Waals surface area contributed by atoms with E-state index in [1.54, 1.807) is 23.7 Å². The summed E-state index contributed by atoms with van der Waals surface area (Å²) < 4.78 is 4.15. The van der Waals surface area contributed by atoms with Crippen molar-refractivity contribution in [3.63, 3.8) is 0 Å². The number of Topliss-reactive ketones (excluding diaryl/α,β-unsaturated/α-hetero) is 1. The second kappa shape index (κ2) is 8.02. The van der Waals surface area contributed by atoms with Crippen LogP contribution in [0.5, 0.6) is 0 Å². The van der Waals surface area contributed by atoms with Crippen molar-refractivity contribution in [2.75, 3.05) is 13.1 Å². The van der Waals surface area contributed by atoms with Crippen LogP contribution in [0.15, 0.2) is 39.9 Å². The van der Waals surface area contributed by atoms with Crippen molar-refractivity contribution in [3.8, 4) is 0 Å². The van der Waals surface area contributed by atoms with Gasteiger partial charge < -0.3 is 4.57 Å². The van der Waals surface area contributed by atoms with E-state index < -0.39 is 11.2 Å². The molecule has 1 aliphatic heterocycles. The summed E-state index contributed by atoms with van der Waals surface area (Å²) in [6, 6.07) is 9.02. The molecular formula is C22H27N5O3. The molecule has 4 rings (SSSR count).